The summed E-state index contributed by atoms with van der Waals surface area (Å²) in [6.07, 6.45) is 10.4. The van der Waals surface area contributed by atoms with E-state index in [0.29, 0.717) is 25.2 Å². The van der Waals surface area contributed by atoms with E-state index >= 15 is 0 Å². The summed E-state index contributed by atoms with van der Waals surface area (Å²) < 4.78 is 1.68. The Balaban J connectivity index is 1.60. The molecule has 0 radical (unpaired) electrons. The van der Waals surface area contributed by atoms with Crippen LogP contribution in [0.3, 0.4) is 0 Å². The van der Waals surface area contributed by atoms with Gasteiger partial charge < -0.3 is 5.32 Å². The van der Waals surface area contributed by atoms with Crippen LogP contribution in [-0.4, -0.2) is 34.2 Å². The van der Waals surface area contributed by atoms with Crippen molar-refractivity contribution in [2.24, 2.45) is 7.05 Å². The maximum absolute atomic E-state index is 12.6. The molecule has 0 bridgehead atoms. The second-order valence-electron chi connectivity index (χ2n) is 6.38. The molecule has 1 atom stereocenters. The molecule has 6 heteroatoms. The molecular weight excluding hydrogens is 292 g/mol. The topological polar surface area (TPSA) is 67.2 Å². The summed E-state index contributed by atoms with van der Waals surface area (Å²) in [5, 5.41) is 7.21. The molecule has 1 fully saturated rings. The Bertz CT molecular complexity index is 620. The first-order valence-corrected chi connectivity index (χ1v) is 8.42. The fraction of sp³-hybridized carbons (Fsp3) is 0.588. The largest absolute Gasteiger partial charge is 0.344 e. The highest BCUT2D eigenvalue weighted by atomic mass is 16.2. The third-order valence-electron chi connectivity index (χ3n) is 4.52. The monoisotopic (exact) mass is 316 g/mol. The van der Waals surface area contributed by atoms with Crippen molar-refractivity contribution >= 4 is 17.6 Å². The van der Waals surface area contributed by atoms with Crippen molar-refractivity contribution in [3.8, 4) is 0 Å². The predicted octanol–water partition coefficient (Wildman–Crippen LogP) is 1.92. The number of piperidine rings is 1. The van der Waals surface area contributed by atoms with Crippen molar-refractivity contribution in [1.29, 1.82) is 0 Å². The van der Waals surface area contributed by atoms with Crippen molar-refractivity contribution in [3.05, 3.63) is 23.9 Å². The zero-order valence-corrected chi connectivity index (χ0v) is 13.6. The van der Waals surface area contributed by atoms with E-state index in [1.165, 1.54) is 12.0 Å². The van der Waals surface area contributed by atoms with Crippen LogP contribution in [0.1, 0.15) is 44.9 Å². The Morgan fingerprint density at radius 3 is 2.96 bits per heavy atom. The number of carbonyl (C=O) groups excluding carboxylic acids is 2. The fourth-order valence-electron chi connectivity index (χ4n) is 3.30. The summed E-state index contributed by atoms with van der Waals surface area (Å²) in [6.45, 7) is 0.660. The summed E-state index contributed by atoms with van der Waals surface area (Å²) >= 11 is 0. The highest BCUT2D eigenvalue weighted by Gasteiger charge is 2.31. The van der Waals surface area contributed by atoms with Crippen molar-refractivity contribution in [3.63, 3.8) is 0 Å². The van der Waals surface area contributed by atoms with Gasteiger partial charge in [0.15, 0.2) is 5.82 Å². The SMILES string of the molecule is Cn1ccc(N2CCC[C@@H](NC(=O)CC3=CCCCC3)C2=O)n1. The molecule has 0 saturated carbocycles. The summed E-state index contributed by atoms with van der Waals surface area (Å²) in [7, 11) is 1.83. The highest BCUT2D eigenvalue weighted by Crippen LogP contribution is 2.21. The number of anilines is 1. The molecule has 3 rings (SSSR count). The fourth-order valence-corrected chi connectivity index (χ4v) is 3.30. The van der Waals surface area contributed by atoms with E-state index in [-0.39, 0.29) is 11.8 Å². The Kier molecular flexibility index (Phi) is 4.79. The van der Waals surface area contributed by atoms with Crippen LogP contribution in [0.4, 0.5) is 5.82 Å². The third-order valence-corrected chi connectivity index (χ3v) is 4.52. The van der Waals surface area contributed by atoms with Crippen LogP contribution in [-0.2, 0) is 16.6 Å². The summed E-state index contributed by atoms with van der Waals surface area (Å²) in [4.78, 5) is 26.5. The van der Waals surface area contributed by atoms with Crippen LogP contribution >= 0.6 is 0 Å². The van der Waals surface area contributed by atoms with Crippen LogP contribution < -0.4 is 10.2 Å². The van der Waals surface area contributed by atoms with E-state index in [2.05, 4.69) is 16.5 Å². The first-order chi connectivity index (χ1) is 11.1. The lowest BCUT2D eigenvalue weighted by atomic mass is 9.96. The summed E-state index contributed by atoms with van der Waals surface area (Å²) in [6, 6.07) is 1.40. The van der Waals surface area contributed by atoms with Gasteiger partial charge in [-0.25, -0.2) is 0 Å². The second kappa shape index (κ2) is 6.98. The quantitative estimate of drug-likeness (QED) is 0.863. The normalized spacial score (nSPS) is 22.0. The molecule has 1 N–H and O–H groups in total. The van der Waals surface area contributed by atoms with E-state index in [4.69, 9.17) is 0 Å². The minimum Gasteiger partial charge on any atom is -0.344 e. The highest BCUT2D eigenvalue weighted by molar-refractivity contribution is 5.99. The zero-order valence-electron chi connectivity index (χ0n) is 13.6. The number of aryl methyl sites for hydroxylation is 1. The Morgan fingerprint density at radius 2 is 2.26 bits per heavy atom. The van der Waals surface area contributed by atoms with Crippen molar-refractivity contribution in [2.75, 3.05) is 11.4 Å². The molecule has 0 aromatic carbocycles. The van der Waals surface area contributed by atoms with Crippen molar-refractivity contribution in [1.82, 2.24) is 15.1 Å². The van der Waals surface area contributed by atoms with Crippen molar-refractivity contribution in [2.45, 2.75) is 51.0 Å². The summed E-state index contributed by atoms with van der Waals surface area (Å²) in [5.41, 5.74) is 1.21. The first-order valence-electron chi connectivity index (χ1n) is 8.42. The number of rotatable bonds is 4. The van der Waals surface area contributed by atoms with Gasteiger partial charge in [0.05, 0.1) is 0 Å². The average molecular weight is 316 g/mol. The number of allylic oxidation sites excluding steroid dienone is 1. The Labute approximate surface area is 136 Å². The smallest absolute Gasteiger partial charge is 0.250 e. The number of hydrogen-bond donors (Lipinski definition) is 1. The van der Waals surface area contributed by atoms with Crippen LogP contribution in [0.2, 0.25) is 0 Å². The van der Waals surface area contributed by atoms with Crippen LogP contribution in [0, 0.1) is 0 Å². The molecule has 124 valence electrons. The van der Waals surface area contributed by atoms with Gasteiger partial charge in [-0.15, -0.1) is 0 Å². The van der Waals surface area contributed by atoms with Gasteiger partial charge in [0.2, 0.25) is 5.91 Å². The van der Waals surface area contributed by atoms with E-state index < -0.39 is 6.04 Å². The standard InChI is InChI=1S/C17H24N4O2/c1-20-11-9-15(19-20)21-10-5-8-14(17(21)23)18-16(22)12-13-6-3-2-4-7-13/h6,9,11,14H,2-5,7-8,10,12H2,1H3,(H,18,22)/t14-/m1/s1. The lowest BCUT2D eigenvalue weighted by molar-refractivity contribution is -0.128. The molecule has 1 aliphatic carbocycles. The van der Waals surface area contributed by atoms with E-state index in [9.17, 15) is 9.59 Å². The lowest BCUT2D eigenvalue weighted by Crippen LogP contribution is -2.52. The Hall–Kier alpha value is -2.11. The number of nitrogens with zero attached hydrogens (tertiary/aromatic N) is 3. The molecule has 2 amide bonds. The third kappa shape index (κ3) is 3.81. The Morgan fingerprint density at radius 1 is 1.39 bits per heavy atom. The van der Waals surface area contributed by atoms with Crippen LogP contribution in [0.25, 0.3) is 0 Å². The van der Waals surface area contributed by atoms with E-state index in [0.717, 1.165) is 25.7 Å². The predicted molar refractivity (Wildman–Crippen MR) is 87.9 cm³/mol. The molecule has 6 nitrogen and oxygen atoms in total. The minimum absolute atomic E-state index is 0.0422. The number of aromatic nitrogens is 2. The number of nitrogens with one attached hydrogen (secondary N) is 1. The molecule has 0 spiro atoms. The van der Waals surface area contributed by atoms with Crippen LogP contribution in [0.5, 0.6) is 0 Å². The maximum Gasteiger partial charge on any atom is 0.250 e. The van der Waals surface area contributed by atoms with Gasteiger partial charge in [-0.05, 0) is 38.5 Å². The molecule has 23 heavy (non-hydrogen) atoms. The van der Waals surface area contributed by atoms with Gasteiger partial charge in [-0.3, -0.25) is 19.2 Å². The maximum atomic E-state index is 12.6. The van der Waals surface area contributed by atoms with Gasteiger partial charge >= 0.3 is 0 Å². The molecular formula is C17H24N4O2. The first kappa shape index (κ1) is 15.8. The molecule has 1 aromatic heterocycles. The molecule has 1 saturated heterocycles. The van der Waals surface area contributed by atoms with Gasteiger partial charge in [0, 0.05) is 32.3 Å². The second-order valence-corrected chi connectivity index (χ2v) is 6.38. The molecule has 0 unspecified atom stereocenters. The minimum atomic E-state index is -0.428. The zero-order chi connectivity index (χ0) is 16.2. The number of hydrogen-bond acceptors (Lipinski definition) is 3. The van der Waals surface area contributed by atoms with Crippen molar-refractivity contribution < 1.29 is 9.59 Å². The molecule has 1 aromatic rings. The summed E-state index contributed by atoms with van der Waals surface area (Å²) in [5.74, 6) is 0.562. The van der Waals surface area contributed by atoms with Gasteiger partial charge in [-0.2, -0.15) is 5.10 Å². The lowest BCUT2D eigenvalue weighted by Gasteiger charge is -2.31. The number of carbonyl (C=O) groups is 2. The molecule has 1 aliphatic heterocycles. The van der Waals surface area contributed by atoms with Crippen LogP contribution in [0.15, 0.2) is 23.9 Å². The molecule has 2 heterocycles. The molecule has 2 aliphatic rings. The average Bonchev–Trinajstić information content (AvgIpc) is 2.96. The van der Waals surface area contributed by atoms with Gasteiger partial charge in [0.1, 0.15) is 6.04 Å². The van der Waals surface area contributed by atoms with Gasteiger partial charge in [0.25, 0.3) is 5.91 Å². The van der Waals surface area contributed by atoms with E-state index in [1.54, 1.807) is 9.58 Å². The van der Waals surface area contributed by atoms with E-state index in [1.807, 2.05) is 19.3 Å². The van der Waals surface area contributed by atoms with Gasteiger partial charge in [-0.1, -0.05) is 11.6 Å². The number of amides is 2.